The molecule has 2 nitrogen and oxygen atoms in total. The molecule has 0 bridgehead atoms. The van der Waals surface area contributed by atoms with Crippen LogP contribution in [-0.2, 0) is 0 Å². The first-order valence-electron chi connectivity index (χ1n) is 4.60. The molecule has 0 aliphatic carbocycles. The van der Waals surface area contributed by atoms with Crippen LogP contribution in [0.15, 0.2) is 30.3 Å². The second kappa shape index (κ2) is 4.40. The van der Waals surface area contributed by atoms with Crippen LogP contribution in [0.2, 0.25) is 0 Å². The molecule has 0 saturated heterocycles. The summed E-state index contributed by atoms with van der Waals surface area (Å²) in [4.78, 5) is 3.43. The zero-order valence-corrected chi connectivity index (χ0v) is 8.35. The molecule has 0 aliphatic heterocycles. The zero-order chi connectivity index (χ0) is 12.4. The van der Waals surface area contributed by atoms with E-state index in [-0.39, 0.29) is 11.5 Å². The normalized spacial score (nSPS) is 10.4. The smallest absolute Gasteiger partial charge is 0.214 e. The molecule has 0 fully saturated rings. The van der Waals surface area contributed by atoms with Gasteiger partial charge in [-0.3, -0.25) is 0 Å². The summed E-state index contributed by atoms with van der Waals surface area (Å²) >= 11 is 0. The van der Waals surface area contributed by atoms with Crippen molar-refractivity contribution in [3.63, 3.8) is 0 Å². The summed E-state index contributed by atoms with van der Waals surface area (Å²) in [6.07, 6.45) is 0. The number of pyridine rings is 1. The molecule has 1 aromatic carbocycles. The Morgan fingerprint density at radius 3 is 2.18 bits per heavy atom. The molecule has 0 aliphatic rings. The molecular formula is C11H6F4N2. The Labute approximate surface area is 93.9 Å². The molecule has 2 rings (SSSR count). The topological polar surface area (TPSA) is 24.9 Å². The Bertz CT molecular complexity index is 534. The highest BCUT2D eigenvalue weighted by Crippen LogP contribution is 2.20. The van der Waals surface area contributed by atoms with Crippen molar-refractivity contribution in [1.82, 2.24) is 4.98 Å². The molecule has 88 valence electrons. The maximum Gasteiger partial charge on any atom is 0.214 e. The van der Waals surface area contributed by atoms with Gasteiger partial charge < -0.3 is 5.32 Å². The predicted octanol–water partition coefficient (Wildman–Crippen LogP) is 3.38. The molecule has 0 atom stereocenters. The zero-order valence-electron chi connectivity index (χ0n) is 8.35. The summed E-state index contributed by atoms with van der Waals surface area (Å²) in [5.41, 5.74) is -0.0560. The fourth-order valence-corrected chi connectivity index (χ4v) is 1.25. The van der Waals surface area contributed by atoms with Gasteiger partial charge in [-0.25, -0.2) is 18.2 Å². The Morgan fingerprint density at radius 2 is 1.59 bits per heavy atom. The van der Waals surface area contributed by atoms with Crippen LogP contribution in [-0.4, -0.2) is 4.98 Å². The van der Waals surface area contributed by atoms with Gasteiger partial charge in [0.15, 0.2) is 17.5 Å². The third-order valence-electron chi connectivity index (χ3n) is 1.97. The SMILES string of the molecule is Fc1cccc(Nc2cc(F)c(F)c(F)c2)n1. The van der Waals surface area contributed by atoms with E-state index >= 15 is 0 Å². The standard InChI is InChI=1S/C11H6F4N2/c12-7-4-6(5-8(13)11(7)15)16-10-3-1-2-9(14)17-10/h1-5H,(H,16,17). The van der Waals surface area contributed by atoms with Crippen molar-refractivity contribution in [2.24, 2.45) is 0 Å². The van der Waals surface area contributed by atoms with Crippen LogP contribution in [0.5, 0.6) is 0 Å². The minimum absolute atomic E-state index is 0.0560. The van der Waals surface area contributed by atoms with Crippen molar-refractivity contribution in [3.8, 4) is 0 Å². The lowest BCUT2D eigenvalue weighted by Crippen LogP contribution is -1.98. The van der Waals surface area contributed by atoms with Gasteiger partial charge in [-0.05, 0) is 12.1 Å². The molecular weight excluding hydrogens is 236 g/mol. The maximum absolute atomic E-state index is 12.9. The third kappa shape index (κ3) is 2.52. The lowest BCUT2D eigenvalue weighted by atomic mass is 10.3. The van der Waals surface area contributed by atoms with Crippen molar-refractivity contribution < 1.29 is 17.6 Å². The number of aromatic nitrogens is 1. The van der Waals surface area contributed by atoms with E-state index in [1.54, 1.807) is 0 Å². The van der Waals surface area contributed by atoms with Crippen LogP contribution in [0.3, 0.4) is 0 Å². The van der Waals surface area contributed by atoms with Crippen molar-refractivity contribution in [2.45, 2.75) is 0 Å². The number of benzene rings is 1. The van der Waals surface area contributed by atoms with E-state index in [2.05, 4.69) is 10.3 Å². The average Bonchev–Trinajstić information content (AvgIpc) is 2.26. The van der Waals surface area contributed by atoms with Crippen LogP contribution < -0.4 is 5.32 Å². The molecule has 0 amide bonds. The fourth-order valence-electron chi connectivity index (χ4n) is 1.25. The molecule has 6 heteroatoms. The molecule has 17 heavy (non-hydrogen) atoms. The van der Waals surface area contributed by atoms with E-state index in [0.29, 0.717) is 0 Å². The van der Waals surface area contributed by atoms with E-state index in [4.69, 9.17) is 0 Å². The van der Waals surface area contributed by atoms with Gasteiger partial charge in [0.1, 0.15) is 5.82 Å². The molecule has 0 spiro atoms. The monoisotopic (exact) mass is 242 g/mol. The molecule has 2 aromatic rings. The highest BCUT2D eigenvalue weighted by Gasteiger charge is 2.10. The number of hydrogen-bond acceptors (Lipinski definition) is 2. The van der Waals surface area contributed by atoms with Gasteiger partial charge in [0.05, 0.1) is 0 Å². The van der Waals surface area contributed by atoms with E-state index in [9.17, 15) is 17.6 Å². The van der Waals surface area contributed by atoms with Gasteiger partial charge in [0.25, 0.3) is 0 Å². The van der Waals surface area contributed by atoms with Gasteiger partial charge in [0.2, 0.25) is 5.95 Å². The van der Waals surface area contributed by atoms with Gasteiger partial charge in [0, 0.05) is 17.8 Å². The van der Waals surface area contributed by atoms with Crippen molar-refractivity contribution in [3.05, 3.63) is 53.7 Å². The lowest BCUT2D eigenvalue weighted by molar-refractivity contribution is 0.448. The number of nitrogens with one attached hydrogen (secondary N) is 1. The molecule has 1 N–H and O–H groups in total. The second-order valence-electron chi connectivity index (χ2n) is 3.22. The lowest BCUT2D eigenvalue weighted by Gasteiger charge is -2.06. The van der Waals surface area contributed by atoms with Gasteiger partial charge in [-0.1, -0.05) is 6.07 Å². The van der Waals surface area contributed by atoms with Gasteiger partial charge in [-0.2, -0.15) is 4.39 Å². The number of halogens is 4. The summed E-state index contributed by atoms with van der Waals surface area (Å²) in [5, 5.41) is 2.46. The van der Waals surface area contributed by atoms with Crippen LogP contribution >= 0.6 is 0 Å². The molecule has 0 saturated carbocycles. The van der Waals surface area contributed by atoms with Crippen LogP contribution in [0, 0.1) is 23.4 Å². The third-order valence-corrected chi connectivity index (χ3v) is 1.97. The Morgan fingerprint density at radius 1 is 0.941 bits per heavy atom. The minimum atomic E-state index is -1.55. The Kier molecular flexibility index (Phi) is 2.95. The number of rotatable bonds is 2. The predicted molar refractivity (Wildman–Crippen MR) is 53.8 cm³/mol. The summed E-state index contributed by atoms with van der Waals surface area (Å²) in [5.74, 6) is -4.89. The van der Waals surface area contributed by atoms with E-state index in [0.717, 1.165) is 18.2 Å². The highest BCUT2D eigenvalue weighted by atomic mass is 19.2. The molecule has 0 radical (unpaired) electrons. The van der Waals surface area contributed by atoms with Crippen LogP contribution in [0.1, 0.15) is 0 Å². The summed E-state index contributed by atoms with van der Waals surface area (Å²) < 4.78 is 51.1. The second-order valence-corrected chi connectivity index (χ2v) is 3.22. The number of hydrogen-bond donors (Lipinski definition) is 1. The number of nitrogens with zero attached hydrogens (tertiary/aromatic N) is 1. The minimum Gasteiger partial charge on any atom is -0.340 e. The average molecular weight is 242 g/mol. The van der Waals surface area contributed by atoms with Gasteiger partial charge >= 0.3 is 0 Å². The summed E-state index contributed by atoms with van der Waals surface area (Å²) in [6, 6.07) is 5.41. The molecule has 1 heterocycles. The van der Waals surface area contributed by atoms with E-state index < -0.39 is 23.4 Å². The molecule has 1 aromatic heterocycles. The highest BCUT2D eigenvalue weighted by molar-refractivity contribution is 5.55. The molecule has 0 unspecified atom stereocenters. The first-order valence-corrected chi connectivity index (χ1v) is 4.60. The van der Waals surface area contributed by atoms with Crippen molar-refractivity contribution in [1.29, 1.82) is 0 Å². The Balaban J connectivity index is 2.31. The van der Waals surface area contributed by atoms with E-state index in [1.165, 1.54) is 12.1 Å². The largest absolute Gasteiger partial charge is 0.340 e. The first-order chi connectivity index (χ1) is 8.06. The van der Waals surface area contributed by atoms with Crippen LogP contribution in [0.25, 0.3) is 0 Å². The summed E-state index contributed by atoms with van der Waals surface area (Å²) in [7, 11) is 0. The van der Waals surface area contributed by atoms with Crippen molar-refractivity contribution in [2.75, 3.05) is 5.32 Å². The fraction of sp³-hybridized carbons (Fsp3) is 0. The van der Waals surface area contributed by atoms with E-state index in [1.807, 2.05) is 0 Å². The number of anilines is 2. The first kappa shape index (κ1) is 11.4. The van der Waals surface area contributed by atoms with Gasteiger partial charge in [-0.15, -0.1) is 0 Å². The quantitative estimate of drug-likeness (QED) is 0.496. The van der Waals surface area contributed by atoms with Crippen molar-refractivity contribution >= 4 is 11.5 Å². The summed E-state index contributed by atoms with van der Waals surface area (Å²) in [6.45, 7) is 0. The Hall–Kier alpha value is -2.11. The van der Waals surface area contributed by atoms with Crippen LogP contribution in [0.4, 0.5) is 29.1 Å². The maximum atomic E-state index is 12.9.